The number of aliphatic hydroxyl groups excluding tert-OH is 1. The molecule has 13 heteroatoms. The molecule has 3 aromatic rings. The fourth-order valence-corrected chi connectivity index (χ4v) is 9.04. The van der Waals surface area contributed by atoms with E-state index >= 15 is 0 Å². The van der Waals surface area contributed by atoms with Crippen LogP contribution < -0.4 is 4.90 Å². The number of likely N-dealkylation sites (tertiary alicyclic amines) is 1. The molecule has 260 valence electrons. The summed E-state index contributed by atoms with van der Waals surface area (Å²) in [7, 11) is 0. The number of ether oxygens (including phenoxy) is 1. The van der Waals surface area contributed by atoms with E-state index in [1.807, 2.05) is 17.2 Å². The number of nitrogens with zero attached hydrogens (tertiary/aromatic N) is 7. The number of hydrogen-bond acceptors (Lipinski definition) is 8. The summed E-state index contributed by atoms with van der Waals surface area (Å²) in [5, 5.41) is 25.0. The van der Waals surface area contributed by atoms with E-state index in [0.717, 1.165) is 105 Å². The van der Waals surface area contributed by atoms with Crippen molar-refractivity contribution in [1.82, 2.24) is 34.7 Å². The van der Waals surface area contributed by atoms with Gasteiger partial charge in [0.05, 0.1) is 53.7 Å². The van der Waals surface area contributed by atoms with Gasteiger partial charge in [-0.2, -0.15) is 10.2 Å². The molecule has 0 unspecified atom stereocenters. The number of benzene rings is 1. The number of halogens is 2. The van der Waals surface area contributed by atoms with Crippen molar-refractivity contribution in [2.75, 3.05) is 70.5 Å². The molecule has 0 saturated carbocycles. The average molecular weight is 700 g/mol. The highest BCUT2D eigenvalue weighted by atomic mass is 35.5. The second-order valence-corrected chi connectivity index (χ2v) is 15.5. The number of H-pyrrole nitrogens is 1. The molecular weight excluding hydrogens is 651 g/mol. The van der Waals surface area contributed by atoms with E-state index in [0.29, 0.717) is 35.1 Å². The molecule has 4 saturated heterocycles. The number of aromatic amines is 1. The van der Waals surface area contributed by atoms with E-state index in [4.69, 9.17) is 33.0 Å². The van der Waals surface area contributed by atoms with Crippen LogP contribution in [0.15, 0.2) is 24.9 Å². The number of piperazine rings is 1. The first-order valence-electron chi connectivity index (χ1n) is 17.4. The highest BCUT2D eigenvalue weighted by Crippen LogP contribution is 2.48. The van der Waals surface area contributed by atoms with Crippen LogP contribution in [0.2, 0.25) is 10.0 Å². The van der Waals surface area contributed by atoms with Gasteiger partial charge in [-0.3, -0.25) is 24.4 Å². The normalized spacial score (nSPS) is 24.7. The van der Waals surface area contributed by atoms with Crippen molar-refractivity contribution >= 4 is 45.8 Å². The van der Waals surface area contributed by atoms with Gasteiger partial charge < -0.3 is 19.6 Å². The molecule has 4 fully saturated rings. The van der Waals surface area contributed by atoms with Crippen LogP contribution in [-0.2, 0) is 9.53 Å². The van der Waals surface area contributed by atoms with E-state index in [1.165, 1.54) is 6.08 Å². The smallest absolute Gasteiger partial charge is 0.245 e. The Kier molecular flexibility index (Phi) is 9.55. The molecule has 1 aromatic carbocycles. The van der Waals surface area contributed by atoms with E-state index in [2.05, 4.69) is 56.9 Å². The fourth-order valence-electron chi connectivity index (χ4n) is 8.59. The Labute approximate surface area is 292 Å². The zero-order valence-corrected chi connectivity index (χ0v) is 29.8. The third-order valence-electron chi connectivity index (χ3n) is 11.3. The number of carbonyl (C=O) groups is 1. The van der Waals surface area contributed by atoms with Gasteiger partial charge in [-0.1, -0.05) is 29.8 Å². The molecule has 0 aliphatic carbocycles. The van der Waals surface area contributed by atoms with Gasteiger partial charge in [0.1, 0.15) is 0 Å². The second-order valence-electron chi connectivity index (χ2n) is 14.7. The van der Waals surface area contributed by atoms with Gasteiger partial charge in [0, 0.05) is 79.6 Å². The Balaban J connectivity index is 1.18. The van der Waals surface area contributed by atoms with Crippen molar-refractivity contribution < 1.29 is 14.6 Å². The van der Waals surface area contributed by atoms with Crippen molar-refractivity contribution in [2.45, 2.75) is 70.1 Å². The summed E-state index contributed by atoms with van der Waals surface area (Å²) in [6.45, 7) is 18.3. The lowest BCUT2D eigenvalue weighted by Gasteiger charge is -2.50. The molecule has 0 spiro atoms. The highest BCUT2D eigenvalue weighted by Gasteiger charge is 2.41. The Morgan fingerprint density at radius 3 is 2.56 bits per heavy atom. The van der Waals surface area contributed by atoms with E-state index in [9.17, 15) is 9.90 Å². The van der Waals surface area contributed by atoms with Crippen molar-refractivity contribution in [1.29, 1.82) is 0 Å². The predicted octanol–water partition coefficient (Wildman–Crippen LogP) is 4.76. The average Bonchev–Trinajstić information content (AvgIpc) is 3.64. The molecule has 11 nitrogen and oxygen atoms in total. The maximum Gasteiger partial charge on any atom is 0.245 e. The van der Waals surface area contributed by atoms with Gasteiger partial charge in [-0.05, 0) is 64.5 Å². The number of nitrogens with one attached hydrogen (secondary N) is 1. The fraction of sp³-hybridized carbons (Fsp3) is 0.629. The van der Waals surface area contributed by atoms with Crippen molar-refractivity contribution in [3.63, 3.8) is 0 Å². The highest BCUT2D eigenvalue weighted by molar-refractivity contribution is 6.45. The minimum atomic E-state index is -0.191. The predicted molar refractivity (Wildman–Crippen MR) is 190 cm³/mol. The minimum Gasteiger partial charge on any atom is -0.395 e. The number of fused-ring (bicyclic) bond motifs is 1. The molecule has 48 heavy (non-hydrogen) atoms. The number of piperidine rings is 2. The molecule has 2 aromatic heterocycles. The van der Waals surface area contributed by atoms with E-state index in [-0.39, 0.29) is 30.1 Å². The van der Waals surface area contributed by atoms with E-state index in [1.54, 1.807) is 0 Å². The maximum absolute atomic E-state index is 12.3. The summed E-state index contributed by atoms with van der Waals surface area (Å²) in [4.78, 5) is 21.7. The summed E-state index contributed by atoms with van der Waals surface area (Å²) < 4.78 is 7.61. The Morgan fingerprint density at radius 1 is 1.12 bits per heavy atom. The van der Waals surface area contributed by atoms with Gasteiger partial charge in [0.15, 0.2) is 5.82 Å². The Hall–Kier alpha value is -2.67. The molecule has 7 rings (SSSR count). The van der Waals surface area contributed by atoms with Crippen LogP contribution in [0.4, 0.5) is 5.82 Å². The first-order chi connectivity index (χ1) is 23.1. The minimum absolute atomic E-state index is 0.0233. The lowest BCUT2D eigenvalue weighted by Crippen LogP contribution is -2.62. The number of hydrogen-bond donors (Lipinski definition) is 2. The van der Waals surface area contributed by atoms with Crippen molar-refractivity contribution in [2.24, 2.45) is 5.92 Å². The molecular formula is C35H48Cl2N8O3. The van der Waals surface area contributed by atoms with Crippen molar-refractivity contribution in [3.05, 3.63) is 40.7 Å². The first kappa shape index (κ1) is 33.8. The van der Waals surface area contributed by atoms with Crippen LogP contribution in [-0.4, -0.2) is 129 Å². The molecule has 4 aliphatic rings. The molecule has 0 bridgehead atoms. The van der Waals surface area contributed by atoms with E-state index < -0.39 is 0 Å². The quantitative estimate of drug-likeness (QED) is 0.325. The third-order valence-corrected chi connectivity index (χ3v) is 12.1. The first-order valence-corrected chi connectivity index (χ1v) is 18.1. The molecule has 6 heterocycles. The Morgan fingerprint density at radius 2 is 1.90 bits per heavy atom. The van der Waals surface area contributed by atoms with Gasteiger partial charge in [-0.15, -0.1) is 0 Å². The van der Waals surface area contributed by atoms with Gasteiger partial charge in [0.25, 0.3) is 0 Å². The number of aromatic nitrogens is 4. The summed E-state index contributed by atoms with van der Waals surface area (Å²) in [6.07, 6.45) is 6.86. The largest absolute Gasteiger partial charge is 0.395 e. The number of amides is 1. The number of rotatable bonds is 8. The van der Waals surface area contributed by atoms with Crippen LogP contribution in [0.5, 0.6) is 0 Å². The van der Waals surface area contributed by atoms with Crippen LogP contribution >= 0.6 is 23.2 Å². The molecule has 4 aliphatic heterocycles. The lowest BCUT2D eigenvalue weighted by molar-refractivity contribution is -0.127. The standard InChI is InChI=1S/C35H48Cl2N8O3/c1-5-30(47)41-9-7-24(8-10-41)45-22(2)31(32-27-16-38-39-29(27)14-28(36)33(32)37)34(40-45)44-11-6-23(15-35(44,3)4)17-42-12-13-43(18-25(42)19-46)26-20-48-21-26/h5,14,16,23-26,46H,1,6-13,15,17-21H2,2-4H3,(H,38,39)/t23-,25-/m1/s1. The third kappa shape index (κ3) is 6.15. The molecule has 1 amide bonds. The second kappa shape index (κ2) is 13.6. The van der Waals surface area contributed by atoms with Crippen LogP contribution in [0.1, 0.15) is 51.3 Å². The summed E-state index contributed by atoms with van der Waals surface area (Å²) in [5.74, 6) is 1.39. The summed E-state index contributed by atoms with van der Waals surface area (Å²) in [5.41, 5.74) is 3.51. The van der Waals surface area contributed by atoms with Gasteiger partial charge >= 0.3 is 0 Å². The topological polar surface area (TPSA) is 106 Å². The maximum atomic E-state index is 12.3. The lowest BCUT2D eigenvalue weighted by atomic mass is 9.81. The van der Waals surface area contributed by atoms with Crippen LogP contribution in [0, 0.1) is 12.8 Å². The number of aliphatic hydroxyl groups is 1. The summed E-state index contributed by atoms with van der Waals surface area (Å²) in [6, 6.07) is 2.63. The Bertz CT molecular complexity index is 1660. The van der Waals surface area contributed by atoms with Gasteiger partial charge in [0.2, 0.25) is 5.91 Å². The van der Waals surface area contributed by atoms with Crippen LogP contribution in [0.25, 0.3) is 22.0 Å². The van der Waals surface area contributed by atoms with Gasteiger partial charge in [-0.25, -0.2) is 0 Å². The molecule has 2 N–H and O–H groups in total. The molecule has 0 radical (unpaired) electrons. The summed E-state index contributed by atoms with van der Waals surface area (Å²) >= 11 is 13.8. The SMILES string of the molecule is C=CC(=O)N1CCC(n2nc(N3CC[C@@H](CN4CCN(C5COC5)C[C@@H]4CO)CC3(C)C)c(-c3c(Cl)c(Cl)cc4[nH]ncc34)c2C)CC1. The number of carbonyl (C=O) groups excluding carboxylic acids is 1. The number of anilines is 1. The zero-order valence-electron chi connectivity index (χ0n) is 28.3. The molecule has 2 atom stereocenters. The monoisotopic (exact) mass is 698 g/mol. The van der Waals surface area contributed by atoms with Crippen LogP contribution in [0.3, 0.4) is 0 Å². The zero-order chi connectivity index (χ0) is 33.7. The van der Waals surface area contributed by atoms with Crippen molar-refractivity contribution in [3.8, 4) is 11.1 Å².